The van der Waals surface area contributed by atoms with Crippen LogP contribution < -0.4 is 26.2 Å². The van der Waals surface area contributed by atoms with Crippen LogP contribution in [0.4, 0.5) is 5.69 Å². The van der Waals surface area contributed by atoms with Gasteiger partial charge in [0, 0.05) is 60.5 Å². The summed E-state index contributed by atoms with van der Waals surface area (Å²) in [7, 11) is -1.82. The van der Waals surface area contributed by atoms with Crippen molar-refractivity contribution in [2.75, 3.05) is 43.8 Å². The molecule has 53 heavy (non-hydrogen) atoms. The summed E-state index contributed by atoms with van der Waals surface area (Å²) in [5.74, 6) is -0.553. The highest BCUT2D eigenvalue weighted by molar-refractivity contribution is 7.95. The van der Waals surface area contributed by atoms with Gasteiger partial charge in [-0.3, -0.25) is 9.69 Å². The lowest BCUT2D eigenvalue weighted by molar-refractivity contribution is 0.0697. The van der Waals surface area contributed by atoms with Crippen LogP contribution in [0.25, 0.3) is 33.4 Å². The summed E-state index contributed by atoms with van der Waals surface area (Å²) in [5, 5.41) is 15.1. The first-order valence-corrected chi connectivity index (χ1v) is 20.3. The molecular formula is C46H42N2O4P+. The summed E-state index contributed by atoms with van der Waals surface area (Å²) in [6.45, 7) is 4.80. The molecule has 5 aromatic carbocycles. The molecule has 0 spiro atoms. The number of hydrogen-bond acceptors (Lipinski definition) is 5. The van der Waals surface area contributed by atoms with Crippen LogP contribution in [0.1, 0.15) is 23.2 Å². The Morgan fingerprint density at radius 1 is 0.642 bits per heavy atom. The van der Waals surface area contributed by atoms with Gasteiger partial charge in [0.1, 0.15) is 34.5 Å². The number of unbranched alkanes of at least 4 members (excludes halogenated alkanes) is 1. The van der Waals surface area contributed by atoms with Crippen LogP contribution in [0.5, 0.6) is 0 Å². The molecular weight excluding hydrogens is 675 g/mol. The third-order valence-corrected chi connectivity index (χ3v) is 15.2. The van der Waals surface area contributed by atoms with Gasteiger partial charge >= 0.3 is 5.97 Å². The van der Waals surface area contributed by atoms with E-state index < -0.39 is 13.2 Å². The molecule has 3 aliphatic rings. The van der Waals surface area contributed by atoms with E-state index in [0.29, 0.717) is 22.5 Å². The van der Waals surface area contributed by atoms with Crippen LogP contribution in [0.15, 0.2) is 161 Å². The van der Waals surface area contributed by atoms with Gasteiger partial charge in [0.15, 0.2) is 5.43 Å². The van der Waals surface area contributed by atoms with Crippen molar-refractivity contribution in [2.45, 2.75) is 12.8 Å². The fourth-order valence-corrected chi connectivity index (χ4v) is 12.4. The minimum absolute atomic E-state index is 0.155. The number of hydrogen-bond donors (Lipinski definition) is 1. The quantitative estimate of drug-likeness (QED) is 0.0828. The average molecular weight is 718 g/mol. The second kappa shape index (κ2) is 15.2. The third-order valence-electron chi connectivity index (χ3n) is 10.6. The van der Waals surface area contributed by atoms with Crippen molar-refractivity contribution in [3.8, 4) is 22.5 Å². The molecule has 264 valence electrons. The number of carbonyl (C=O) groups is 1. The van der Waals surface area contributed by atoms with Crippen LogP contribution in [0.2, 0.25) is 0 Å². The molecule has 5 aromatic rings. The fourth-order valence-electron chi connectivity index (χ4n) is 8.03. The molecule has 0 saturated carbocycles. The highest BCUT2D eigenvalue weighted by Crippen LogP contribution is 2.56. The Kier molecular flexibility index (Phi) is 9.90. The zero-order valence-electron chi connectivity index (χ0n) is 29.6. The molecule has 1 N–H and O–H groups in total. The lowest BCUT2D eigenvalue weighted by Gasteiger charge is -2.36. The molecule has 0 aromatic heterocycles. The number of carboxylic acids is 1. The van der Waals surface area contributed by atoms with Gasteiger partial charge in [-0.05, 0) is 91.7 Å². The molecule has 2 aliphatic heterocycles. The largest absolute Gasteiger partial charge is 0.478 e. The van der Waals surface area contributed by atoms with E-state index in [-0.39, 0.29) is 11.0 Å². The van der Waals surface area contributed by atoms with E-state index in [9.17, 15) is 14.7 Å². The number of fused-ring (bicyclic) bond motifs is 2. The standard InChI is InChI=1S/C46H41N2O4P/c49-35-23-25-42-44(33-35)52-43-32-34(22-24-41(43)45(42)39-20-10-11-21-40(39)46(50)51)48-29-27-47(28-30-48)26-12-13-31-53(36-14-4-1-5-15-36,37-16-6-2-7-17-37)38-18-8-3-9-19-38/h1-11,14-25,32-33H,12-13,26-31H2/p+1. The van der Waals surface area contributed by atoms with Crippen molar-refractivity contribution < 1.29 is 14.3 Å². The van der Waals surface area contributed by atoms with Gasteiger partial charge in [0.05, 0.1) is 11.7 Å². The Morgan fingerprint density at radius 3 is 1.87 bits per heavy atom. The maximum atomic E-state index is 12.4. The van der Waals surface area contributed by atoms with Crippen LogP contribution in [-0.4, -0.2) is 54.9 Å². The molecule has 0 unspecified atom stereocenters. The molecule has 0 atom stereocenters. The monoisotopic (exact) mass is 717 g/mol. The van der Waals surface area contributed by atoms with E-state index in [2.05, 4.69) is 107 Å². The number of piperazine rings is 1. The van der Waals surface area contributed by atoms with Crippen LogP contribution >= 0.6 is 7.26 Å². The van der Waals surface area contributed by atoms with Gasteiger partial charge in [-0.1, -0.05) is 72.8 Å². The molecule has 1 saturated heterocycles. The van der Waals surface area contributed by atoms with E-state index in [1.54, 1.807) is 18.2 Å². The van der Waals surface area contributed by atoms with Gasteiger partial charge in [-0.15, -0.1) is 0 Å². The number of carboxylic acid groups (broad SMARTS) is 1. The van der Waals surface area contributed by atoms with Gasteiger partial charge in [-0.2, -0.15) is 0 Å². The summed E-state index contributed by atoms with van der Waals surface area (Å²) in [6, 6.07) is 51.3. The third kappa shape index (κ3) is 6.89. The van der Waals surface area contributed by atoms with Gasteiger partial charge in [-0.25, -0.2) is 4.79 Å². The van der Waals surface area contributed by atoms with Crippen LogP contribution in [0, 0.1) is 0 Å². The van der Waals surface area contributed by atoms with E-state index in [1.165, 1.54) is 28.0 Å². The second-order valence-electron chi connectivity index (χ2n) is 13.7. The SMILES string of the molecule is O=C(O)c1ccccc1-c1c2ccc(=O)cc-2oc2cc(N3CCN(CCCC[P+](c4ccccc4)(c4ccccc4)c4ccccc4)CC3)ccc12. The Hall–Kier alpha value is -5.55. The van der Waals surface area contributed by atoms with Crippen molar-refractivity contribution in [1.82, 2.24) is 4.90 Å². The van der Waals surface area contributed by atoms with Crippen molar-refractivity contribution in [2.24, 2.45) is 0 Å². The predicted octanol–water partition coefficient (Wildman–Crippen LogP) is 8.16. The van der Waals surface area contributed by atoms with Crippen LogP contribution in [-0.2, 0) is 0 Å². The number of rotatable bonds is 11. The zero-order valence-corrected chi connectivity index (χ0v) is 30.5. The van der Waals surface area contributed by atoms with Gasteiger partial charge in [0.2, 0.25) is 0 Å². The fraction of sp³-hybridized carbons (Fsp3) is 0.174. The normalized spacial score (nSPS) is 13.8. The summed E-state index contributed by atoms with van der Waals surface area (Å²) < 4.78 is 6.35. The highest BCUT2D eigenvalue weighted by Gasteiger charge is 2.44. The molecule has 0 radical (unpaired) electrons. The van der Waals surface area contributed by atoms with E-state index in [1.807, 2.05) is 24.3 Å². The van der Waals surface area contributed by atoms with Gasteiger partial charge in [0.25, 0.3) is 0 Å². The molecule has 2 heterocycles. The lowest BCUT2D eigenvalue weighted by Crippen LogP contribution is -2.46. The van der Waals surface area contributed by atoms with E-state index >= 15 is 0 Å². The molecule has 0 amide bonds. The second-order valence-corrected chi connectivity index (χ2v) is 17.4. The molecule has 6 nitrogen and oxygen atoms in total. The Balaban J connectivity index is 0.987. The first kappa shape index (κ1) is 34.5. The number of aromatic carboxylic acids is 1. The number of nitrogens with zero attached hydrogens (tertiary/aromatic N) is 2. The Labute approximate surface area is 310 Å². The maximum absolute atomic E-state index is 12.4. The smallest absolute Gasteiger partial charge is 0.336 e. The Bertz CT molecular complexity index is 2270. The van der Waals surface area contributed by atoms with Crippen molar-refractivity contribution in [3.05, 3.63) is 167 Å². The topological polar surface area (TPSA) is 74.0 Å². The first-order valence-electron chi connectivity index (χ1n) is 18.4. The number of benzene rings is 6. The number of anilines is 1. The summed E-state index contributed by atoms with van der Waals surface area (Å²) in [4.78, 5) is 29.6. The highest BCUT2D eigenvalue weighted by atomic mass is 31.2. The molecule has 0 bridgehead atoms. The van der Waals surface area contributed by atoms with Gasteiger partial charge < -0.3 is 14.4 Å². The summed E-state index contributed by atoms with van der Waals surface area (Å²) in [5.41, 5.74) is 3.80. The molecule has 1 aliphatic carbocycles. The summed E-state index contributed by atoms with van der Waals surface area (Å²) in [6.07, 6.45) is 3.41. The zero-order chi connectivity index (χ0) is 36.2. The maximum Gasteiger partial charge on any atom is 0.336 e. The van der Waals surface area contributed by atoms with Crippen LogP contribution in [0.3, 0.4) is 0 Å². The summed E-state index contributed by atoms with van der Waals surface area (Å²) >= 11 is 0. The minimum atomic E-state index is -1.82. The minimum Gasteiger partial charge on any atom is -0.478 e. The van der Waals surface area contributed by atoms with Crippen molar-refractivity contribution >= 4 is 45.8 Å². The molecule has 1 fully saturated rings. The van der Waals surface area contributed by atoms with Crippen molar-refractivity contribution in [3.63, 3.8) is 0 Å². The average Bonchev–Trinajstić information content (AvgIpc) is 3.21. The van der Waals surface area contributed by atoms with E-state index in [0.717, 1.165) is 68.4 Å². The first-order chi connectivity index (χ1) is 26.0. The lowest BCUT2D eigenvalue weighted by atomic mass is 9.90. The van der Waals surface area contributed by atoms with Crippen molar-refractivity contribution in [1.29, 1.82) is 0 Å². The molecule has 7 heteroatoms. The Morgan fingerprint density at radius 2 is 1.25 bits per heavy atom. The predicted molar refractivity (Wildman–Crippen MR) is 219 cm³/mol. The van der Waals surface area contributed by atoms with E-state index in [4.69, 9.17) is 4.42 Å². The molecule has 8 rings (SSSR count).